The molecule has 0 spiro atoms. The Kier molecular flexibility index (Phi) is 6.41. The van der Waals surface area contributed by atoms with E-state index in [1.54, 1.807) is 12.1 Å². The van der Waals surface area contributed by atoms with Gasteiger partial charge in [-0.05, 0) is 62.1 Å². The van der Waals surface area contributed by atoms with Gasteiger partial charge in [0.15, 0.2) is 0 Å². The Morgan fingerprint density at radius 3 is 2.70 bits per heavy atom. The van der Waals surface area contributed by atoms with Crippen molar-refractivity contribution in [2.45, 2.75) is 43.9 Å². The van der Waals surface area contributed by atoms with E-state index in [2.05, 4.69) is 29.2 Å². The number of nitrogens with zero attached hydrogens (tertiary/aromatic N) is 2. The summed E-state index contributed by atoms with van der Waals surface area (Å²) in [6.07, 6.45) is 6.92. The highest BCUT2D eigenvalue weighted by molar-refractivity contribution is 5.88. The van der Waals surface area contributed by atoms with Gasteiger partial charge in [0.1, 0.15) is 5.82 Å². The van der Waals surface area contributed by atoms with Crippen molar-refractivity contribution < 1.29 is 13.9 Å². The highest BCUT2D eigenvalue weighted by Gasteiger charge is 2.45. The summed E-state index contributed by atoms with van der Waals surface area (Å²) < 4.78 is 20.4. The van der Waals surface area contributed by atoms with Crippen LogP contribution in [0.2, 0.25) is 0 Å². The Bertz CT molecular complexity index is 1120. The Hall–Kier alpha value is -2.79. The van der Waals surface area contributed by atoms with E-state index in [9.17, 15) is 9.18 Å². The van der Waals surface area contributed by atoms with Gasteiger partial charge in [0.05, 0.1) is 10.9 Å². The first kappa shape index (κ1) is 22.0. The first-order valence-corrected chi connectivity index (χ1v) is 12.1. The Labute approximate surface area is 194 Å². The van der Waals surface area contributed by atoms with Crippen LogP contribution in [0.5, 0.6) is 0 Å². The van der Waals surface area contributed by atoms with Gasteiger partial charge in [0, 0.05) is 43.4 Å². The van der Waals surface area contributed by atoms with E-state index in [0.29, 0.717) is 37.5 Å². The molecule has 1 amide bonds. The van der Waals surface area contributed by atoms with Crippen molar-refractivity contribution in [3.8, 4) is 0 Å². The number of carbonyl (C=O) groups is 1. The zero-order valence-corrected chi connectivity index (χ0v) is 19.0. The highest BCUT2D eigenvalue weighted by Crippen LogP contribution is 2.39. The number of fused-ring (bicyclic) bond motifs is 1. The number of amides is 1. The minimum atomic E-state index is -0.816. The molecule has 2 aliphatic rings. The molecule has 0 aliphatic carbocycles. The van der Waals surface area contributed by atoms with Gasteiger partial charge in [-0.1, -0.05) is 42.5 Å². The van der Waals surface area contributed by atoms with E-state index in [4.69, 9.17) is 4.74 Å². The molecule has 0 N–H and O–H groups in total. The van der Waals surface area contributed by atoms with Gasteiger partial charge in [0.25, 0.3) is 0 Å². The van der Waals surface area contributed by atoms with Gasteiger partial charge < -0.3 is 9.64 Å². The number of ether oxygens (including phenoxy) is 1. The van der Waals surface area contributed by atoms with Gasteiger partial charge in [-0.3, -0.25) is 9.78 Å². The number of likely N-dealkylation sites (tertiary alicyclic amines) is 1. The lowest BCUT2D eigenvalue weighted by Gasteiger charge is -2.40. The maximum atomic E-state index is 14.8. The molecular formula is C28H31FN2O2. The fourth-order valence-electron chi connectivity index (χ4n) is 5.69. The molecule has 0 bridgehead atoms. The van der Waals surface area contributed by atoms with Crippen LogP contribution in [-0.4, -0.2) is 42.1 Å². The molecule has 2 aliphatic heterocycles. The quantitative estimate of drug-likeness (QED) is 0.547. The molecule has 3 heterocycles. The molecular weight excluding hydrogens is 415 g/mol. The number of pyridine rings is 1. The third kappa shape index (κ3) is 4.39. The van der Waals surface area contributed by atoms with E-state index < -0.39 is 5.41 Å². The first-order chi connectivity index (χ1) is 16.2. The second-order valence-electron chi connectivity index (χ2n) is 9.46. The number of para-hydroxylation sites is 1. The van der Waals surface area contributed by atoms with E-state index >= 15 is 0 Å². The highest BCUT2D eigenvalue weighted by atomic mass is 19.1. The fourth-order valence-corrected chi connectivity index (χ4v) is 5.69. The van der Waals surface area contributed by atoms with Crippen LogP contribution in [0.1, 0.15) is 43.2 Å². The van der Waals surface area contributed by atoms with Gasteiger partial charge in [-0.15, -0.1) is 0 Å². The Balaban J connectivity index is 1.33. The summed E-state index contributed by atoms with van der Waals surface area (Å²) in [5.41, 5.74) is 2.08. The number of aromatic nitrogens is 1. The number of benzene rings is 2. The molecule has 2 fully saturated rings. The number of rotatable bonds is 4. The number of carbonyl (C=O) groups excluding carboxylic acids is 1. The van der Waals surface area contributed by atoms with Crippen LogP contribution in [-0.2, 0) is 21.4 Å². The zero-order valence-electron chi connectivity index (χ0n) is 19.0. The second kappa shape index (κ2) is 9.60. The van der Waals surface area contributed by atoms with Crippen LogP contribution in [0.15, 0.2) is 60.8 Å². The van der Waals surface area contributed by atoms with E-state index in [-0.39, 0.29) is 11.7 Å². The zero-order chi connectivity index (χ0) is 22.7. The fraction of sp³-hybridized carbons (Fsp3) is 0.429. The summed E-state index contributed by atoms with van der Waals surface area (Å²) in [5, 5.41) is 1.17. The molecule has 2 saturated heterocycles. The molecule has 1 aromatic heterocycles. The smallest absolute Gasteiger partial charge is 0.233 e. The monoisotopic (exact) mass is 446 g/mol. The minimum Gasteiger partial charge on any atom is -0.381 e. The molecule has 5 heteroatoms. The molecule has 4 nitrogen and oxygen atoms in total. The summed E-state index contributed by atoms with van der Waals surface area (Å²) in [4.78, 5) is 20.5. The first-order valence-electron chi connectivity index (χ1n) is 12.1. The van der Waals surface area contributed by atoms with E-state index in [0.717, 1.165) is 44.3 Å². The topological polar surface area (TPSA) is 42.4 Å². The lowest BCUT2D eigenvalue weighted by molar-refractivity contribution is -0.141. The SMILES string of the molecule is O=C(N1CCC[C@@H](Cc2cccc3cccnc23)CC1)C1(c2ccccc2F)CCOCC1. The van der Waals surface area contributed by atoms with Crippen molar-refractivity contribution in [1.82, 2.24) is 9.88 Å². The van der Waals surface area contributed by atoms with Crippen LogP contribution in [0, 0.1) is 11.7 Å². The van der Waals surface area contributed by atoms with Crippen molar-refractivity contribution in [2.75, 3.05) is 26.3 Å². The predicted octanol–water partition coefficient (Wildman–Crippen LogP) is 5.29. The number of hydrogen-bond donors (Lipinski definition) is 0. The lowest BCUT2D eigenvalue weighted by atomic mass is 9.72. The second-order valence-corrected chi connectivity index (χ2v) is 9.46. The van der Waals surface area contributed by atoms with Gasteiger partial charge >= 0.3 is 0 Å². The van der Waals surface area contributed by atoms with E-state index in [1.807, 2.05) is 23.2 Å². The van der Waals surface area contributed by atoms with E-state index in [1.165, 1.54) is 17.0 Å². The summed E-state index contributed by atoms with van der Waals surface area (Å²) in [5.74, 6) is 0.293. The van der Waals surface area contributed by atoms with Crippen molar-refractivity contribution >= 4 is 16.8 Å². The van der Waals surface area contributed by atoms with Crippen LogP contribution < -0.4 is 0 Å². The van der Waals surface area contributed by atoms with Gasteiger partial charge in [-0.2, -0.15) is 0 Å². The molecule has 0 radical (unpaired) electrons. The molecule has 5 rings (SSSR count). The van der Waals surface area contributed by atoms with Crippen LogP contribution in [0.25, 0.3) is 10.9 Å². The molecule has 1 atom stereocenters. The van der Waals surface area contributed by atoms with Crippen molar-refractivity contribution in [1.29, 1.82) is 0 Å². The molecule has 172 valence electrons. The molecule has 0 saturated carbocycles. The normalized spacial score (nSPS) is 21.0. The average molecular weight is 447 g/mol. The third-order valence-electron chi connectivity index (χ3n) is 7.50. The van der Waals surface area contributed by atoms with Crippen LogP contribution in [0.3, 0.4) is 0 Å². The van der Waals surface area contributed by atoms with Gasteiger partial charge in [-0.25, -0.2) is 4.39 Å². The maximum Gasteiger partial charge on any atom is 0.233 e. The molecule has 3 aromatic rings. The molecule has 0 unspecified atom stereocenters. The Morgan fingerprint density at radius 2 is 1.85 bits per heavy atom. The minimum absolute atomic E-state index is 0.0726. The van der Waals surface area contributed by atoms with Crippen LogP contribution in [0.4, 0.5) is 4.39 Å². The summed E-state index contributed by atoms with van der Waals surface area (Å²) in [6, 6.07) is 17.2. The van der Waals surface area contributed by atoms with Crippen LogP contribution >= 0.6 is 0 Å². The Morgan fingerprint density at radius 1 is 1.03 bits per heavy atom. The third-order valence-corrected chi connectivity index (χ3v) is 7.50. The summed E-state index contributed by atoms with van der Waals surface area (Å²) in [7, 11) is 0. The van der Waals surface area contributed by atoms with Crippen molar-refractivity contribution in [3.63, 3.8) is 0 Å². The summed E-state index contributed by atoms with van der Waals surface area (Å²) in [6.45, 7) is 2.44. The van der Waals surface area contributed by atoms with Gasteiger partial charge in [0.2, 0.25) is 5.91 Å². The van der Waals surface area contributed by atoms with Crippen molar-refractivity contribution in [3.05, 3.63) is 77.7 Å². The summed E-state index contributed by atoms with van der Waals surface area (Å²) >= 11 is 0. The number of halogens is 1. The molecule has 33 heavy (non-hydrogen) atoms. The molecule has 2 aromatic carbocycles. The lowest BCUT2D eigenvalue weighted by Crippen LogP contribution is -2.50. The largest absolute Gasteiger partial charge is 0.381 e. The standard InChI is InChI=1S/C28H31FN2O2/c29-25-11-2-1-10-24(25)28(13-18-33-19-14-28)27(32)31-16-5-6-21(12-17-31)20-23-8-3-7-22-9-4-15-30-26(22)23/h1-4,7-11,15,21H,5-6,12-14,16-20H2/t21-/m1/s1. The maximum absolute atomic E-state index is 14.8. The number of hydrogen-bond acceptors (Lipinski definition) is 3. The van der Waals surface area contributed by atoms with Crippen molar-refractivity contribution in [2.24, 2.45) is 5.92 Å². The predicted molar refractivity (Wildman–Crippen MR) is 127 cm³/mol. The average Bonchev–Trinajstić information content (AvgIpc) is 3.10.